The van der Waals surface area contributed by atoms with Crippen LogP contribution in [0, 0.1) is 28.6 Å². The topological polar surface area (TPSA) is 93.1 Å². The van der Waals surface area contributed by atoms with Crippen molar-refractivity contribution in [2.45, 2.75) is 71.7 Å². The molecule has 0 saturated heterocycles. The minimum absolute atomic E-state index is 0.101. The van der Waals surface area contributed by atoms with Gasteiger partial charge in [0.05, 0.1) is 11.7 Å². The van der Waals surface area contributed by atoms with Crippen LogP contribution in [0.1, 0.15) is 53.9 Å². The molecule has 4 rings (SSSR count). The molecule has 0 aromatic heterocycles. The molecule has 2 fully saturated rings. The van der Waals surface area contributed by atoms with Crippen LogP contribution in [0.2, 0.25) is 0 Å². The number of hydrogen-bond acceptors (Lipinski definition) is 6. The van der Waals surface area contributed by atoms with Crippen LogP contribution < -0.4 is 0 Å². The van der Waals surface area contributed by atoms with Crippen molar-refractivity contribution in [3.8, 4) is 0 Å². The molecule has 0 aromatic carbocycles. The maximum Gasteiger partial charge on any atom is 0.336 e. The Balaban J connectivity index is 1.91. The summed E-state index contributed by atoms with van der Waals surface area (Å²) in [6.45, 7) is 9.38. The molecule has 0 radical (unpaired) electrons. The van der Waals surface area contributed by atoms with E-state index in [1.807, 2.05) is 33.8 Å². The molecule has 3 aliphatic carbocycles. The highest BCUT2D eigenvalue weighted by Crippen LogP contribution is 2.67. The van der Waals surface area contributed by atoms with Crippen molar-refractivity contribution < 1.29 is 29.3 Å². The fraction of sp³-hybridized carbons (Fsp3) is 0.727. The van der Waals surface area contributed by atoms with Gasteiger partial charge >= 0.3 is 11.9 Å². The third-order valence-corrected chi connectivity index (χ3v) is 8.24. The molecule has 0 spiro atoms. The summed E-state index contributed by atoms with van der Waals surface area (Å²) in [5.74, 6) is -0.848. The predicted octanol–water partition coefficient (Wildman–Crippen LogP) is 2.49. The maximum absolute atomic E-state index is 12.0. The molecule has 0 amide bonds. The molecule has 28 heavy (non-hydrogen) atoms. The SMILES string of the molecule is CC(=O)O[C@H]1CCC(C)(C)[C@]2(O)C[C@H](O)[C@H]3[C@@H](C)C4=CC(=O)OC4=C[C@@H]3[C@@]12C. The molecule has 0 aromatic rings. The third kappa shape index (κ3) is 2.34. The van der Waals surface area contributed by atoms with Gasteiger partial charge in [-0.2, -0.15) is 0 Å². The predicted molar refractivity (Wildman–Crippen MR) is 101 cm³/mol. The molecule has 6 heteroatoms. The number of aliphatic hydroxyl groups excluding tert-OH is 1. The maximum atomic E-state index is 12.0. The summed E-state index contributed by atoms with van der Waals surface area (Å²) in [6, 6.07) is 0. The molecular weight excluding hydrogens is 360 g/mol. The first-order valence-electron chi connectivity index (χ1n) is 10.2. The molecule has 7 atom stereocenters. The van der Waals surface area contributed by atoms with Crippen molar-refractivity contribution in [1.29, 1.82) is 0 Å². The van der Waals surface area contributed by atoms with Gasteiger partial charge in [0, 0.05) is 30.4 Å². The molecule has 0 bridgehead atoms. The number of fused-ring (bicyclic) bond motifs is 4. The van der Waals surface area contributed by atoms with Crippen LogP contribution in [0.25, 0.3) is 0 Å². The van der Waals surface area contributed by atoms with Crippen LogP contribution in [-0.4, -0.2) is 40.0 Å². The van der Waals surface area contributed by atoms with Crippen molar-refractivity contribution in [3.05, 3.63) is 23.5 Å². The van der Waals surface area contributed by atoms with E-state index in [-0.39, 0.29) is 30.1 Å². The minimum atomic E-state index is -1.24. The second-order valence-corrected chi connectivity index (χ2v) is 9.88. The summed E-state index contributed by atoms with van der Waals surface area (Å²) in [4.78, 5) is 23.7. The first-order chi connectivity index (χ1) is 12.9. The van der Waals surface area contributed by atoms with Crippen LogP contribution in [0.4, 0.5) is 0 Å². The summed E-state index contributed by atoms with van der Waals surface area (Å²) < 4.78 is 11.1. The quantitative estimate of drug-likeness (QED) is 0.668. The molecule has 6 nitrogen and oxygen atoms in total. The van der Waals surface area contributed by atoms with Crippen LogP contribution in [0.15, 0.2) is 23.5 Å². The Bertz CT molecular complexity index is 795. The molecule has 2 saturated carbocycles. The average Bonchev–Trinajstić information content (AvgIpc) is 2.95. The van der Waals surface area contributed by atoms with Gasteiger partial charge in [0.1, 0.15) is 11.9 Å². The number of carbonyl (C=O) groups excluding carboxylic acids is 2. The Morgan fingerprint density at radius 1 is 1.32 bits per heavy atom. The van der Waals surface area contributed by atoms with Gasteiger partial charge in [-0.25, -0.2) is 4.79 Å². The zero-order valence-corrected chi connectivity index (χ0v) is 17.2. The number of carbonyl (C=O) groups is 2. The monoisotopic (exact) mass is 390 g/mol. The molecule has 1 aliphatic heterocycles. The van der Waals surface area contributed by atoms with Crippen molar-refractivity contribution in [3.63, 3.8) is 0 Å². The van der Waals surface area contributed by atoms with Gasteiger partial charge in [-0.1, -0.05) is 27.7 Å². The number of ether oxygens (including phenoxy) is 2. The molecule has 154 valence electrons. The normalized spacial score (nSPS) is 46.4. The van der Waals surface area contributed by atoms with E-state index in [0.29, 0.717) is 18.6 Å². The van der Waals surface area contributed by atoms with E-state index < -0.39 is 34.6 Å². The van der Waals surface area contributed by atoms with E-state index in [1.54, 1.807) is 0 Å². The van der Waals surface area contributed by atoms with Crippen molar-refractivity contribution in [2.75, 3.05) is 0 Å². The molecule has 1 heterocycles. The summed E-state index contributed by atoms with van der Waals surface area (Å²) >= 11 is 0. The van der Waals surface area contributed by atoms with Gasteiger partial charge in [0.15, 0.2) is 0 Å². The van der Waals surface area contributed by atoms with E-state index in [0.717, 1.165) is 5.57 Å². The van der Waals surface area contributed by atoms with Gasteiger partial charge in [0.25, 0.3) is 0 Å². The van der Waals surface area contributed by atoms with Gasteiger partial charge in [-0.15, -0.1) is 0 Å². The highest BCUT2D eigenvalue weighted by atomic mass is 16.5. The molecule has 0 unspecified atom stereocenters. The Morgan fingerprint density at radius 2 is 2.00 bits per heavy atom. The van der Waals surface area contributed by atoms with Crippen molar-refractivity contribution in [1.82, 2.24) is 0 Å². The molecular formula is C22H30O6. The number of esters is 2. The summed E-state index contributed by atoms with van der Waals surface area (Å²) in [7, 11) is 0. The van der Waals surface area contributed by atoms with Crippen LogP contribution in [0.3, 0.4) is 0 Å². The van der Waals surface area contributed by atoms with E-state index in [9.17, 15) is 19.8 Å². The average molecular weight is 390 g/mol. The van der Waals surface area contributed by atoms with Crippen molar-refractivity contribution in [2.24, 2.45) is 28.6 Å². The fourth-order valence-electron chi connectivity index (χ4n) is 6.62. The van der Waals surface area contributed by atoms with Gasteiger partial charge in [-0.3, -0.25) is 4.79 Å². The standard InChI is InChI=1S/C22H30O6/c1-11-13-8-18(25)28-16(13)9-14-19(11)15(24)10-22(26)20(3,4)7-6-17(21(14,22)5)27-12(2)23/h8-9,11,14-15,17,19,24,26H,6-7,10H2,1-5H3/t11-,14-,15-,17-,19-,21-,22+/m0/s1. The van der Waals surface area contributed by atoms with Crippen LogP contribution >= 0.6 is 0 Å². The van der Waals surface area contributed by atoms with Crippen LogP contribution in [-0.2, 0) is 19.1 Å². The van der Waals surface area contributed by atoms with Gasteiger partial charge < -0.3 is 19.7 Å². The lowest BCUT2D eigenvalue weighted by Crippen LogP contribution is -2.73. The molecule has 4 aliphatic rings. The van der Waals surface area contributed by atoms with Crippen molar-refractivity contribution >= 4 is 11.9 Å². The second kappa shape index (κ2) is 5.92. The van der Waals surface area contributed by atoms with Crippen LogP contribution in [0.5, 0.6) is 0 Å². The number of allylic oxidation sites excluding steroid dienone is 2. The minimum Gasteiger partial charge on any atom is -0.462 e. The Kier molecular flexibility index (Phi) is 4.16. The summed E-state index contributed by atoms with van der Waals surface area (Å²) in [5, 5.41) is 23.2. The Labute approximate surface area is 165 Å². The highest BCUT2D eigenvalue weighted by molar-refractivity contribution is 5.88. The first kappa shape index (κ1) is 19.6. The first-order valence-corrected chi connectivity index (χ1v) is 10.2. The Morgan fingerprint density at radius 3 is 2.64 bits per heavy atom. The van der Waals surface area contributed by atoms with E-state index in [1.165, 1.54) is 13.0 Å². The highest BCUT2D eigenvalue weighted by Gasteiger charge is 2.71. The van der Waals surface area contributed by atoms with E-state index in [4.69, 9.17) is 9.47 Å². The number of hydrogen-bond donors (Lipinski definition) is 2. The summed E-state index contributed by atoms with van der Waals surface area (Å²) in [5.41, 5.74) is -1.71. The van der Waals surface area contributed by atoms with E-state index in [2.05, 4.69) is 0 Å². The zero-order valence-electron chi connectivity index (χ0n) is 17.2. The lowest BCUT2D eigenvalue weighted by atomic mass is 9.40. The zero-order chi connectivity index (χ0) is 20.6. The lowest BCUT2D eigenvalue weighted by molar-refractivity contribution is -0.289. The summed E-state index contributed by atoms with van der Waals surface area (Å²) in [6.07, 6.45) is 3.71. The molecule has 2 N–H and O–H groups in total. The van der Waals surface area contributed by atoms with Gasteiger partial charge in [-0.05, 0) is 42.1 Å². The fourth-order valence-corrected chi connectivity index (χ4v) is 6.62. The lowest BCUT2D eigenvalue weighted by Gasteiger charge is -2.67. The Hall–Kier alpha value is -1.66. The van der Waals surface area contributed by atoms with Gasteiger partial charge in [0.2, 0.25) is 0 Å². The smallest absolute Gasteiger partial charge is 0.336 e. The third-order valence-electron chi connectivity index (χ3n) is 8.24. The number of rotatable bonds is 1. The second-order valence-electron chi connectivity index (χ2n) is 9.88. The van der Waals surface area contributed by atoms with E-state index >= 15 is 0 Å². The number of aliphatic hydroxyl groups is 2. The largest absolute Gasteiger partial charge is 0.462 e.